The minimum Gasteiger partial charge on any atom is -0.490 e. The van der Waals surface area contributed by atoms with Crippen molar-refractivity contribution in [1.82, 2.24) is 10.2 Å². The highest BCUT2D eigenvalue weighted by Gasteiger charge is 2.52. The molecule has 2 aliphatic rings. The van der Waals surface area contributed by atoms with Crippen LogP contribution in [0.4, 0.5) is 18.0 Å². The number of hydrogen-bond acceptors (Lipinski definition) is 12. The number of aryl methyl sites for hydroxylation is 1. The largest absolute Gasteiger partial charge is 0.490 e. The minimum absolute atomic E-state index is 0.188. The van der Waals surface area contributed by atoms with Crippen LogP contribution >= 0.6 is 11.8 Å². The molecule has 3 aromatic carbocycles. The fraction of sp³-hybridized carbons (Fsp3) is 0.511. The van der Waals surface area contributed by atoms with E-state index in [2.05, 4.69) is 5.32 Å². The zero-order chi connectivity index (χ0) is 46.9. The lowest BCUT2D eigenvalue weighted by atomic mass is 9.89. The van der Waals surface area contributed by atoms with Gasteiger partial charge in [0.25, 0.3) is 0 Å². The van der Waals surface area contributed by atoms with Crippen molar-refractivity contribution in [2.75, 3.05) is 19.3 Å². The summed E-state index contributed by atoms with van der Waals surface area (Å²) in [4.78, 5) is 64.5. The number of carbonyl (C=O) groups excluding carboxylic acids is 5. The van der Waals surface area contributed by atoms with Crippen LogP contribution in [0, 0.1) is 17.5 Å². The Morgan fingerprint density at radius 3 is 2.00 bits per heavy atom. The molecule has 6 atom stereocenters. The number of hydrogen-bond donors (Lipinski definition) is 1. The number of thioether (sulfide) groups is 1. The number of rotatable bonds is 15. The Bertz CT molecular complexity index is 2140. The number of ether oxygens (including phenoxy) is 6. The van der Waals surface area contributed by atoms with Crippen LogP contribution in [0.5, 0.6) is 5.75 Å². The van der Waals surface area contributed by atoms with Crippen molar-refractivity contribution < 1.29 is 65.6 Å². The van der Waals surface area contributed by atoms with E-state index < -0.39 is 82.9 Å². The topological polar surface area (TPSA) is 156 Å². The van der Waals surface area contributed by atoms with E-state index in [-0.39, 0.29) is 30.4 Å². The molecule has 0 radical (unpaired) electrons. The Labute approximate surface area is 376 Å². The lowest BCUT2D eigenvalue weighted by molar-refractivity contribution is -0.233. The van der Waals surface area contributed by atoms with E-state index in [1.807, 2.05) is 49.4 Å². The lowest BCUT2D eigenvalue weighted by Gasteiger charge is -2.44. The van der Waals surface area contributed by atoms with E-state index in [9.17, 15) is 37.1 Å². The SMILES string of the molecule is CCc1ccc([C@@H]2O[C@H](SC)[C@@H](OC(C)=O)[C@H](OC(C)=O)[C@H]2OC(C)=O)cc1Cc1ccc(OC2CCN(C(=O)C[C@@H](Cc3cc(F)c(F)cc3F)NC(=O)OC(C)(C)C)CC2)cc1. The molecule has 17 heteroatoms. The molecule has 2 fully saturated rings. The molecule has 2 saturated heterocycles. The smallest absolute Gasteiger partial charge is 0.407 e. The van der Waals surface area contributed by atoms with Crippen molar-refractivity contribution in [1.29, 1.82) is 0 Å². The molecule has 0 aromatic heterocycles. The van der Waals surface area contributed by atoms with E-state index >= 15 is 0 Å². The number of alkyl carbamates (subject to hydrolysis) is 1. The molecular weight excluding hydrogens is 858 g/mol. The van der Waals surface area contributed by atoms with E-state index in [4.69, 9.17) is 28.4 Å². The summed E-state index contributed by atoms with van der Waals surface area (Å²) in [5, 5.41) is 2.60. The summed E-state index contributed by atoms with van der Waals surface area (Å²) in [6.07, 6.45) is -1.52. The molecule has 64 heavy (non-hydrogen) atoms. The fourth-order valence-electron chi connectivity index (χ4n) is 7.86. The van der Waals surface area contributed by atoms with E-state index in [1.54, 1.807) is 31.9 Å². The second-order valence-electron chi connectivity index (χ2n) is 16.9. The van der Waals surface area contributed by atoms with Crippen LogP contribution in [0.25, 0.3) is 0 Å². The van der Waals surface area contributed by atoms with Crippen molar-refractivity contribution >= 4 is 41.7 Å². The normalized spacial score (nSPS) is 20.7. The number of halogens is 3. The van der Waals surface area contributed by atoms with Crippen LogP contribution in [-0.2, 0) is 62.1 Å². The number of nitrogens with zero attached hydrogens (tertiary/aromatic N) is 1. The van der Waals surface area contributed by atoms with Gasteiger partial charge in [-0.25, -0.2) is 18.0 Å². The quantitative estimate of drug-likeness (QED) is 0.0902. The van der Waals surface area contributed by atoms with Gasteiger partial charge in [0, 0.05) is 65.2 Å². The molecule has 2 amide bonds. The zero-order valence-electron chi connectivity index (χ0n) is 37.4. The first-order valence-corrected chi connectivity index (χ1v) is 22.5. The van der Waals surface area contributed by atoms with Gasteiger partial charge in [-0.15, -0.1) is 11.8 Å². The predicted octanol–water partition coefficient (Wildman–Crippen LogP) is 7.71. The van der Waals surface area contributed by atoms with Gasteiger partial charge in [0.05, 0.1) is 0 Å². The number of likely N-dealkylation sites (tertiary alicyclic amines) is 1. The average molecular weight is 915 g/mol. The lowest BCUT2D eigenvalue weighted by Crippen LogP contribution is -2.57. The molecule has 348 valence electrons. The van der Waals surface area contributed by atoms with Gasteiger partial charge in [-0.1, -0.05) is 37.3 Å². The monoisotopic (exact) mass is 914 g/mol. The molecule has 2 aliphatic heterocycles. The summed E-state index contributed by atoms with van der Waals surface area (Å²) in [6.45, 7) is 11.5. The van der Waals surface area contributed by atoms with Gasteiger partial charge in [0.2, 0.25) is 5.91 Å². The van der Waals surface area contributed by atoms with Gasteiger partial charge in [0.15, 0.2) is 29.9 Å². The summed E-state index contributed by atoms with van der Waals surface area (Å²) in [5.41, 5.74) is 2.00. The molecule has 13 nitrogen and oxygen atoms in total. The maximum atomic E-state index is 14.6. The number of esters is 3. The zero-order valence-corrected chi connectivity index (χ0v) is 38.2. The third-order valence-corrected chi connectivity index (χ3v) is 11.5. The molecule has 2 heterocycles. The maximum absolute atomic E-state index is 14.6. The van der Waals surface area contributed by atoms with Gasteiger partial charge in [-0.2, -0.15) is 0 Å². The third-order valence-electron chi connectivity index (χ3n) is 10.7. The van der Waals surface area contributed by atoms with Gasteiger partial charge in [0.1, 0.15) is 34.8 Å². The first-order chi connectivity index (χ1) is 30.2. The first kappa shape index (κ1) is 49.7. The molecule has 1 N–H and O–H groups in total. The van der Waals surface area contributed by atoms with E-state index in [0.717, 1.165) is 29.2 Å². The second-order valence-corrected chi connectivity index (χ2v) is 17.8. The summed E-state index contributed by atoms with van der Waals surface area (Å²) >= 11 is 1.28. The van der Waals surface area contributed by atoms with Crippen molar-refractivity contribution in [3.8, 4) is 5.75 Å². The average Bonchev–Trinajstić information content (AvgIpc) is 3.21. The highest BCUT2D eigenvalue weighted by molar-refractivity contribution is 7.99. The summed E-state index contributed by atoms with van der Waals surface area (Å²) in [7, 11) is 0. The Hall–Kier alpha value is -5.29. The Kier molecular flexibility index (Phi) is 17.1. The molecule has 0 saturated carbocycles. The molecule has 0 unspecified atom stereocenters. The van der Waals surface area contributed by atoms with Gasteiger partial charge in [-0.05, 0) is 92.3 Å². The van der Waals surface area contributed by atoms with Crippen molar-refractivity contribution in [3.63, 3.8) is 0 Å². The molecule has 3 aromatic rings. The highest BCUT2D eigenvalue weighted by Crippen LogP contribution is 2.41. The summed E-state index contributed by atoms with van der Waals surface area (Å²) < 4.78 is 77.2. The van der Waals surface area contributed by atoms with Crippen LogP contribution in [0.15, 0.2) is 54.6 Å². The van der Waals surface area contributed by atoms with Crippen molar-refractivity contribution in [2.45, 2.75) is 135 Å². The van der Waals surface area contributed by atoms with E-state index in [1.165, 1.54) is 32.5 Å². The number of nitrogens with one attached hydrogen (secondary N) is 1. The number of amides is 2. The minimum atomic E-state index is -1.34. The highest BCUT2D eigenvalue weighted by atomic mass is 32.2. The molecule has 0 bridgehead atoms. The fourth-order valence-corrected chi connectivity index (χ4v) is 8.57. The first-order valence-electron chi connectivity index (χ1n) is 21.2. The van der Waals surface area contributed by atoms with Crippen molar-refractivity contribution in [2.24, 2.45) is 0 Å². The summed E-state index contributed by atoms with van der Waals surface area (Å²) in [6, 6.07) is 13.8. The van der Waals surface area contributed by atoms with Crippen LogP contribution < -0.4 is 10.1 Å². The van der Waals surface area contributed by atoms with Crippen LogP contribution in [-0.4, -0.2) is 95.6 Å². The van der Waals surface area contributed by atoms with Crippen LogP contribution in [0.1, 0.15) is 102 Å². The van der Waals surface area contributed by atoms with Crippen LogP contribution in [0.3, 0.4) is 0 Å². The standard InChI is InChI=1S/C47H57F3N2O11S/c1-9-30-12-13-31(41-42(58-26(2)53)43(59-27(3)54)44(60-28(4)55)45(62-41)64-8)21-32(30)20-29-10-14-35(15-11-29)61-36-16-18-52(19-17-36)40(56)24-34(51-46(57)63-47(5,6)7)22-33-23-38(49)39(50)25-37(33)48/h10-15,21,23,25,34,36,41-45H,9,16-20,22,24H2,1-8H3,(H,51,57)/t34-,41+,42+,43-,44+,45-/m1/s1. The Morgan fingerprint density at radius 2 is 1.41 bits per heavy atom. The number of carbonyl (C=O) groups is 5. The second kappa shape index (κ2) is 22.1. The number of piperidine rings is 1. The molecular formula is C47H57F3N2O11S. The third kappa shape index (κ3) is 13.9. The van der Waals surface area contributed by atoms with Crippen LogP contribution in [0.2, 0.25) is 0 Å². The maximum Gasteiger partial charge on any atom is 0.407 e. The molecule has 0 aliphatic carbocycles. The number of benzene rings is 3. The Morgan fingerprint density at radius 1 is 0.797 bits per heavy atom. The van der Waals surface area contributed by atoms with Gasteiger partial charge >= 0.3 is 24.0 Å². The van der Waals surface area contributed by atoms with E-state index in [0.29, 0.717) is 49.7 Å². The summed E-state index contributed by atoms with van der Waals surface area (Å²) in [5.74, 6) is -5.09. The Balaban J connectivity index is 1.23. The molecule has 5 rings (SSSR count). The predicted molar refractivity (Wildman–Crippen MR) is 231 cm³/mol. The van der Waals surface area contributed by atoms with Gasteiger partial charge < -0.3 is 38.6 Å². The van der Waals surface area contributed by atoms with Crippen molar-refractivity contribution in [3.05, 3.63) is 99.9 Å². The molecule has 0 spiro atoms. The van der Waals surface area contributed by atoms with Gasteiger partial charge in [-0.3, -0.25) is 19.2 Å².